The van der Waals surface area contributed by atoms with Gasteiger partial charge in [0.25, 0.3) is 11.9 Å². The third-order valence-corrected chi connectivity index (χ3v) is 6.27. The number of halogens is 4. The van der Waals surface area contributed by atoms with Crippen molar-refractivity contribution in [1.82, 2.24) is 20.6 Å². The molecule has 4 rings (SSSR count). The Bertz CT molecular complexity index is 1480. The predicted octanol–water partition coefficient (Wildman–Crippen LogP) is 6.66. The molecule has 0 aliphatic rings. The van der Waals surface area contributed by atoms with E-state index in [9.17, 15) is 22.8 Å². The smallest absolute Gasteiger partial charge is 0.308 e. The van der Waals surface area contributed by atoms with Gasteiger partial charge in [0.1, 0.15) is 0 Å². The number of aromatic nitrogens is 4. The van der Waals surface area contributed by atoms with Crippen molar-refractivity contribution >= 4 is 40.9 Å². The summed E-state index contributed by atoms with van der Waals surface area (Å²) in [5, 5.41) is 17.5. The fourth-order valence-electron chi connectivity index (χ4n) is 3.77. The van der Waals surface area contributed by atoms with Crippen molar-refractivity contribution in [1.29, 1.82) is 0 Å². The number of nitrogens with zero attached hydrogens (tertiary/aromatic N) is 4. The first-order chi connectivity index (χ1) is 18.8. The first-order valence-corrected chi connectivity index (χ1v) is 12.4. The number of rotatable bonds is 6. The molecule has 0 bridgehead atoms. The molecule has 3 amide bonds. The van der Waals surface area contributed by atoms with Crippen LogP contribution in [0.2, 0.25) is 5.02 Å². The molecule has 4 aromatic rings. The van der Waals surface area contributed by atoms with Crippen LogP contribution in [-0.4, -0.2) is 32.6 Å². The van der Waals surface area contributed by atoms with Crippen LogP contribution in [0, 0.1) is 0 Å². The number of amides is 3. The number of hydrogen-bond acceptors (Lipinski definition) is 5. The van der Waals surface area contributed by atoms with E-state index in [-0.39, 0.29) is 23.6 Å². The van der Waals surface area contributed by atoms with E-state index in [1.807, 2.05) is 12.1 Å². The molecule has 0 radical (unpaired) electrons. The molecule has 1 aromatic heterocycles. The van der Waals surface area contributed by atoms with E-state index in [1.54, 1.807) is 36.4 Å². The van der Waals surface area contributed by atoms with E-state index in [1.165, 1.54) is 11.0 Å². The highest BCUT2D eigenvalue weighted by atomic mass is 35.5. The van der Waals surface area contributed by atoms with E-state index in [0.29, 0.717) is 16.8 Å². The molecular formula is C27H25ClF3N7O2. The molecule has 13 heteroatoms. The maximum atomic E-state index is 13.4. The molecule has 0 aliphatic heterocycles. The van der Waals surface area contributed by atoms with Gasteiger partial charge in [-0.1, -0.05) is 61.7 Å². The van der Waals surface area contributed by atoms with Crippen LogP contribution in [0.4, 0.5) is 35.3 Å². The van der Waals surface area contributed by atoms with Gasteiger partial charge in [0.2, 0.25) is 0 Å². The number of aromatic amines is 1. The summed E-state index contributed by atoms with van der Waals surface area (Å²) < 4.78 is 40.1. The molecule has 3 aromatic carbocycles. The second-order valence-electron chi connectivity index (χ2n) is 9.89. The van der Waals surface area contributed by atoms with Crippen LogP contribution in [0.15, 0.2) is 66.7 Å². The molecular weight excluding hydrogens is 547 g/mol. The predicted molar refractivity (Wildman–Crippen MR) is 145 cm³/mol. The molecule has 9 nitrogen and oxygen atoms in total. The fraction of sp³-hybridized carbons (Fsp3) is 0.222. The van der Waals surface area contributed by atoms with E-state index in [4.69, 9.17) is 11.6 Å². The Morgan fingerprint density at radius 3 is 2.20 bits per heavy atom. The van der Waals surface area contributed by atoms with Crippen LogP contribution < -0.4 is 15.5 Å². The second kappa shape index (κ2) is 11.3. The number of hydrogen-bond donors (Lipinski definition) is 3. The first-order valence-electron chi connectivity index (χ1n) is 12.0. The van der Waals surface area contributed by atoms with Gasteiger partial charge in [0.15, 0.2) is 0 Å². The Labute approximate surface area is 232 Å². The number of alkyl halides is 3. The zero-order valence-electron chi connectivity index (χ0n) is 21.7. The van der Waals surface area contributed by atoms with Crippen LogP contribution in [0.5, 0.6) is 0 Å². The number of tetrazole rings is 1. The van der Waals surface area contributed by atoms with E-state index in [2.05, 4.69) is 52.0 Å². The Morgan fingerprint density at radius 1 is 0.950 bits per heavy atom. The summed E-state index contributed by atoms with van der Waals surface area (Å²) in [6.07, 6.45) is -4.68. The third kappa shape index (κ3) is 6.94. The maximum Gasteiger partial charge on any atom is 0.417 e. The number of urea groups is 1. The zero-order chi connectivity index (χ0) is 29.1. The molecule has 0 fully saturated rings. The topological polar surface area (TPSA) is 116 Å². The van der Waals surface area contributed by atoms with Crippen molar-refractivity contribution in [2.24, 2.45) is 0 Å². The number of nitrogens with one attached hydrogen (secondary N) is 3. The van der Waals surface area contributed by atoms with Gasteiger partial charge >= 0.3 is 12.2 Å². The normalized spacial score (nSPS) is 11.7. The van der Waals surface area contributed by atoms with Gasteiger partial charge in [-0.3, -0.25) is 15.0 Å². The van der Waals surface area contributed by atoms with Gasteiger partial charge in [-0.25, -0.2) is 4.79 Å². The third-order valence-electron chi connectivity index (χ3n) is 5.94. The molecule has 0 saturated carbocycles. The van der Waals surface area contributed by atoms with Gasteiger partial charge < -0.3 is 5.32 Å². The molecule has 0 aliphatic carbocycles. The Morgan fingerprint density at radius 2 is 1.62 bits per heavy atom. The van der Waals surface area contributed by atoms with Crippen molar-refractivity contribution in [2.75, 3.05) is 15.5 Å². The summed E-state index contributed by atoms with van der Waals surface area (Å²) >= 11 is 5.73. The number of benzene rings is 3. The molecule has 3 N–H and O–H groups in total. The quantitative estimate of drug-likeness (QED) is 0.239. The highest BCUT2D eigenvalue weighted by Crippen LogP contribution is 2.36. The summed E-state index contributed by atoms with van der Waals surface area (Å²) in [6, 6.07) is 16.3. The SMILES string of the molecule is CC(C)(C)c1ccc(N(Cc2ccc(C(=O)Nc3nn[nH]n3)cc2)C(=O)Nc2ccc(Cl)c(C(F)(F)F)c2)cc1. The largest absolute Gasteiger partial charge is 0.417 e. The average Bonchev–Trinajstić information content (AvgIpc) is 3.40. The van der Waals surface area contributed by atoms with Crippen molar-refractivity contribution < 1.29 is 22.8 Å². The van der Waals surface area contributed by atoms with Gasteiger partial charge in [-0.05, 0) is 64.2 Å². The Balaban J connectivity index is 1.59. The minimum absolute atomic E-state index is 0.0199. The number of carbonyl (C=O) groups excluding carboxylic acids is 2. The average molecular weight is 572 g/mol. The Kier molecular flexibility index (Phi) is 8.10. The van der Waals surface area contributed by atoms with Crippen LogP contribution in [0.3, 0.4) is 0 Å². The molecule has 0 saturated heterocycles. The van der Waals surface area contributed by atoms with Crippen molar-refractivity contribution in [3.05, 3.63) is 94.0 Å². The zero-order valence-corrected chi connectivity index (χ0v) is 22.4. The summed E-state index contributed by atoms with van der Waals surface area (Å²) in [5.74, 6) is -0.435. The van der Waals surface area contributed by atoms with Crippen LogP contribution in [-0.2, 0) is 18.1 Å². The van der Waals surface area contributed by atoms with Crippen LogP contribution >= 0.6 is 11.6 Å². The molecule has 0 atom stereocenters. The second-order valence-corrected chi connectivity index (χ2v) is 10.3. The molecule has 0 unspecified atom stereocenters. The van der Waals surface area contributed by atoms with Crippen LogP contribution in [0.25, 0.3) is 0 Å². The van der Waals surface area contributed by atoms with Gasteiger partial charge in [0.05, 0.1) is 17.1 Å². The lowest BCUT2D eigenvalue weighted by Gasteiger charge is -2.25. The minimum Gasteiger partial charge on any atom is -0.308 e. The Hall–Kier alpha value is -4.45. The molecule has 208 valence electrons. The lowest BCUT2D eigenvalue weighted by atomic mass is 9.87. The van der Waals surface area contributed by atoms with Gasteiger partial charge in [0, 0.05) is 16.9 Å². The van der Waals surface area contributed by atoms with Crippen molar-refractivity contribution in [3.63, 3.8) is 0 Å². The standard InChI is InChI=1S/C27H25ClF3N7O2/c1-26(2,3)18-8-11-20(12-9-18)38(25(40)32-19-10-13-22(28)21(14-19)27(29,30)31)15-16-4-6-17(7-5-16)23(39)33-24-34-36-37-35-24/h4-14H,15H2,1-3H3,(H,32,40)(H2,33,34,35,36,37,39). The van der Waals surface area contributed by atoms with Gasteiger partial charge in [-0.2, -0.15) is 18.4 Å². The minimum atomic E-state index is -4.68. The summed E-state index contributed by atoms with van der Waals surface area (Å²) in [4.78, 5) is 27.2. The molecule has 40 heavy (non-hydrogen) atoms. The van der Waals surface area contributed by atoms with E-state index >= 15 is 0 Å². The number of carbonyl (C=O) groups is 2. The first kappa shape index (κ1) is 28.6. The molecule has 0 spiro atoms. The van der Waals surface area contributed by atoms with Crippen molar-refractivity contribution in [2.45, 2.75) is 38.9 Å². The monoisotopic (exact) mass is 571 g/mol. The number of H-pyrrole nitrogens is 1. The lowest BCUT2D eigenvalue weighted by molar-refractivity contribution is -0.137. The fourth-order valence-corrected chi connectivity index (χ4v) is 3.99. The highest BCUT2D eigenvalue weighted by Gasteiger charge is 2.33. The maximum absolute atomic E-state index is 13.4. The molecule has 1 heterocycles. The summed E-state index contributed by atoms with van der Waals surface area (Å²) in [7, 11) is 0. The number of anilines is 3. The van der Waals surface area contributed by atoms with Crippen molar-refractivity contribution in [3.8, 4) is 0 Å². The highest BCUT2D eigenvalue weighted by molar-refractivity contribution is 6.31. The van der Waals surface area contributed by atoms with E-state index in [0.717, 1.165) is 17.7 Å². The summed E-state index contributed by atoms with van der Waals surface area (Å²) in [6.45, 7) is 6.23. The van der Waals surface area contributed by atoms with Crippen LogP contribution in [0.1, 0.15) is 47.8 Å². The lowest BCUT2D eigenvalue weighted by Crippen LogP contribution is -2.34. The summed E-state index contributed by atoms with van der Waals surface area (Å²) in [5.41, 5.74) is 1.31. The van der Waals surface area contributed by atoms with Gasteiger partial charge in [-0.15, -0.1) is 5.10 Å². The van der Waals surface area contributed by atoms with E-state index < -0.39 is 28.7 Å².